The van der Waals surface area contributed by atoms with Crippen LogP contribution in [-0.2, 0) is 11.2 Å². The zero-order chi connectivity index (χ0) is 20.1. The number of aromatic nitrogens is 1. The van der Waals surface area contributed by atoms with E-state index in [-0.39, 0.29) is 25.1 Å². The number of para-hydroxylation sites is 1. The molecule has 2 aliphatic rings. The fourth-order valence-corrected chi connectivity index (χ4v) is 4.69. The average Bonchev–Trinajstić information content (AvgIpc) is 3.20. The number of carbonyl (C=O) groups excluding carboxylic acids is 2. The number of benzene rings is 2. The number of nitrogens with one attached hydrogen (secondary N) is 1. The molecule has 3 aromatic rings. The molecule has 0 unspecified atom stereocenters. The van der Waals surface area contributed by atoms with Gasteiger partial charge >= 0.3 is 6.03 Å². The Morgan fingerprint density at radius 1 is 1.13 bits per heavy atom. The normalized spacial score (nSPS) is 20.3. The van der Waals surface area contributed by atoms with Crippen molar-refractivity contribution in [3.8, 4) is 5.75 Å². The van der Waals surface area contributed by atoms with Gasteiger partial charge in [-0.25, -0.2) is 4.79 Å². The Hall–Kier alpha value is -3.28. The molecule has 6 nitrogen and oxygen atoms in total. The zero-order valence-corrected chi connectivity index (χ0v) is 16.3. The van der Waals surface area contributed by atoms with Crippen molar-refractivity contribution in [2.75, 3.05) is 6.54 Å². The van der Waals surface area contributed by atoms with Crippen LogP contribution in [0.15, 0.2) is 48.5 Å². The summed E-state index contributed by atoms with van der Waals surface area (Å²) in [5.41, 5.74) is 3.78. The van der Waals surface area contributed by atoms with Crippen molar-refractivity contribution in [2.24, 2.45) is 0 Å². The second-order valence-corrected chi connectivity index (χ2v) is 7.81. The highest BCUT2D eigenvalue weighted by atomic mass is 16.3. The van der Waals surface area contributed by atoms with Crippen molar-refractivity contribution < 1.29 is 14.7 Å². The first-order chi connectivity index (χ1) is 14.1. The number of hydrogen-bond donors (Lipinski definition) is 2. The van der Waals surface area contributed by atoms with Gasteiger partial charge < -0.3 is 10.1 Å². The largest absolute Gasteiger partial charge is 0.508 e. The van der Waals surface area contributed by atoms with E-state index in [9.17, 15) is 14.7 Å². The first-order valence-electron chi connectivity index (χ1n) is 10.1. The van der Waals surface area contributed by atoms with Crippen LogP contribution in [0.3, 0.4) is 0 Å². The molecular weight excluding hydrogens is 378 g/mol. The first kappa shape index (κ1) is 20.0. The van der Waals surface area contributed by atoms with E-state index in [1.165, 1.54) is 4.90 Å². The SMILES string of the molecule is C.CCCCN1C(=O)[C@@H]2Cc3c([nH]c4ccccc34)[C@@H](c3cccc(O)c3)N2C1=O. The quantitative estimate of drug-likeness (QED) is 0.624. The molecule has 5 rings (SSSR count). The molecule has 2 aliphatic heterocycles. The molecule has 0 saturated carbocycles. The summed E-state index contributed by atoms with van der Waals surface area (Å²) in [6, 6.07) is 13.8. The van der Waals surface area contributed by atoms with Crippen LogP contribution in [0.25, 0.3) is 10.9 Å². The Labute approximate surface area is 176 Å². The zero-order valence-electron chi connectivity index (χ0n) is 16.3. The van der Waals surface area contributed by atoms with Crippen LogP contribution in [0.2, 0.25) is 0 Å². The maximum atomic E-state index is 13.3. The number of unbranched alkanes of at least 4 members (excludes halogenated alkanes) is 1. The van der Waals surface area contributed by atoms with Gasteiger partial charge in [0.05, 0.1) is 0 Å². The molecule has 2 N–H and O–H groups in total. The minimum atomic E-state index is -0.515. The second-order valence-electron chi connectivity index (χ2n) is 7.81. The highest BCUT2D eigenvalue weighted by Gasteiger charge is 2.52. The number of phenolic OH excluding ortho intramolecular Hbond substituents is 1. The van der Waals surface area contributed by atoms with Gasteiger partial charge in [0.15, 0.2) is 0 Å². The number of aromatic amines is 1. The Bertz CT molecular complexity index is 1120. The van der Waals surface area contributed by atoms with E-state index >= 15 is 0 Å². The molecule has 6 heteroatoms. The molecule has 156 valence electrons. The lowest BCUT2D eigenvalue weighted by atomic mass is 9.89. The number of hydrogen-bond acceptors (Lipinski definition) is 3. The summed E-state index contributed by atoms with van der Waals surface area (Å²) in [4.78, 5) is 33.1. The Balaban J connectivity index is 0.00000218. The highest BCUT2D eigenvalue weighted by molar-refractivity contribution is 6.05. The van der Waals surface area contributed by atoms with Crippen molar-refractivity contribution in [1.29, 1.82) is 0 Å². The third kappa shape index (κ3) is 2.86. The van der Waals surface area contributed by atoms with Crippen molar-refractivity contribution >= 4 is 22.8 Å². The maximum absolute atomic E-state index is 13.3. The fourth-order valence-electron chi connectivity index (χ4n) is 4.69. The Morgan fingerprint density at radius 2 is 1.93 bits per heavy atom. The molecule has 0 spiro atoms. The molecule has 1 aromatic heterocycles. The second kappa shape index (κ2) is 7.52. The van der Waals surface area contributed by atoms with E-state index in [0.29, 0.717) is 13.0 Å². The van der Waals surface area contributed by atoms with Crippen molar-refractivity contribution in [3.05, 3.63) is 65.4 Å². The van der Waals surface area contributed by atoms with Gasteiger partial charge in [-0.05, 0) is 35.7 Å². The molecule has 0 radical (unpaired) electrons. The minimum Gasteiger partial charge on any atom is -0.508 e. The monoisotopic (exact) mass is 405 g/mol. The lowest BCUT2D eigenvalue weighted by molar-refractivity contribution is -0.128. The number of fused-ring (bicyclic) bond motifs is 4. The first-order valence-corrected chi connectivity index (χ1v) is 10.1. The summed E-state index contributed by atoms with van der Waals surface area (Å²) in [6.45, 7) is 2.49. The van der Waals surface area contributed by atoms with E-state index in [0.717, 1.165) is 40.6 Å². The molecule has 2 atom stereocenters. The molecule has 3 amide bonds. The van der Waals surface area contributed by atoms with Crippen LogP contribution < -0.4 is 0 Å². The van der Waals surface area contributed by atoms with Gasteiger partial charge in [0, 0.05) is 29.6 Å². The number of imide groups is 1. The number of rotatable bonds is 4. The third-order valence-corrected chi connectivity index (χ3v) is 6.06. The van der Waals surface area contributed by atoms with Crippen LogP contribution in [-0.4, -0.2) is 44.4 Å². The Morgan fingerprint density at radius 3 is 2.70 bits per heavy atom. The molecular formula is C24H27N3O3. The van der Waals surface area contributed by atoms with Crippen LogP contribution in [0.5, 0.6) is 5.75 Å². The highest BCUT2D eigenvalue weighted by Crippen LogP contribution is 2.44. The van der Waals surface area contributed by atoms with E-state index in [1.54, 1.807) is 23.1 Å². The van der Waals surface area contributed by atoms with E-state index in [1.807, 2.05) is 31.2 Å². The van der Waals surface area contributed by atoms with Gasteiger partial charge in [-0.3, -0.25) is 14.6 Å². The van der Waals surface area contributed by atoms with Gasteiger partial charge in [0.25, 0.3) is 5.91 Å². The topological polar surface area (TPSA) is 76.6 Å². The van der Waals surface area contributed by atoms with Crippen molar-refractivity contribution in [1.82, 2.24) is 14.8 Å². The number of H-pyrrole nitrogens is 1. The van der Waals surface area contributed by atoms with Crippen LogP contribution in [0.1, 0.15) is 50.1 Å². The van der Waals surface area contributed by atoms with Gasteiger partial charge in [0.2, 0.25) is 0 Å². The molecule has 1 fully saturated rings. The summed E-state index contributed by atoms with van der Waals surface area (Å²) in [5.74, 6) is 0.0210. The molecule has 2 aromatic carbocycles. The van der Waals surface area contributed by atoms with E-state index in [2.05, 4.69) is 11.1 Å². The number of amides is 3. The minimum absolute atomic E-state index is 0. The van der Waals surface area contributed by atoms with E-state index < -0.39 is 12.1 Å². The number of carbonyl (C=O) groups is 2. The molecule has 0 aliphatic carbocycles. The lowest BCUT2D eigenvalue weighted by Crippen LogP contribution is -2.44. The maximum Gasteiger partial charge on any atom is 0.328 e. The lowest BCUT2D eigenvalue weighted by Gasteiger charge is -2.36. The number of urea groups is 1. The average molecular weight is 405 g/mol. The van der Waals surface area contributed by atoms with Crippen LogP contribution >= 0.6 is 0 Å². The van der Waals surface area contributed by atoms with Gasteiger partial charge in [0.1, 0.15) is 17.8 Å². The third-order valence-electron chi connectivity index (χ3n) is 6.06. The van der Waals surface area contributed by atoms with Gasteiger partial charge in [-0.15, -0.1) is 0 Å². The number of nitrogens with zero attached hydrogens (tertiary/aromatic N) is 2. The van der Waals surface area contributed by atoms with Crippen molar-refractivity contribution in [3.63, 3.8) is 0 Å². The summed E-state index contributed by atoms with van der Waals surface area (Å²) in [6.07, 6.45) is 2.21. The predicted molar refractivity (Wildman–Crippen MR) is 116 cm³/mol. The van der Waals surface area contributed by atoms with Crippen LogP contribution in [0, 0.1) is 0 Å². The molecule has 0 bridgehead atoms. The molecule has 1 saturated heterocycles. The summed E-state index contributed by atoms with van der Waals surface area (Å²) in [7, 11) is 0. The fraction of sp³-hybridized carbons (Fsp3) is 0.333. The summed E-state index contributed by atoms with van der Waals surface area (Å²) in [5, 5.41) is 11.1. The Kier molecular flexibility index (Phi) is 5.02. The van der Waals surface area contributed by atoms with Crippen molar-refractivity contribution in [2.45, 2.75) is 45.7 Å². The molecule has 30 heavy (non-hydrogen) atoms. The number of phenols is 1. The predicted octanol–water partition coefficient (Wildman–Crippen LogP) is 4.59. The number of aromatic hydroxyl groups is 1. The smallest absolute Gasteiger partial charge is 0.328 e. The summed E-state index contributed by atoms with van der Waals surface area (Å²) < 4.78 is 0. The van der Waals surface area contributed by atoms with E-state index in [4.69, 9.17) is 0 Å². The van der Waals surface area contributed by atoms with Gasteiger partial charge in [-0.2, -0.15) is 0 Å². The van der Waals surface area contributed by atoms with Crippen LogP contribution in [0.4, 0.5) is 4.79 Å². The van der Waals surface area contributed by atoms with Gasteiger partial charge in [-0.1, -0.05) is 51.1 Å². The standard InChI is InChI=1S/C23H23N3O3.CH4/c1-2-3-11-25-22(28)19-13-17-16-9-4-5-10-18(16)24-20(17)21(26(19)23(25)29)14-7-6-8-15(27)12-14;/h4-10,12,19,21,24,27H,2-3,11,13H2,1H3;1H4/t19-,21+;/m0./s1. The summed E-state index contributed by atoms with van der Waals surface area (Å²) >= 11 is 0. The molecule has 3 heterocycles.